The molecular weight excluding hydrogens is 363 g/mol. The van der Waals surface area contributed by atoms with E-state index in [2.05, 4.69) is 4.98 Å². The minimum Gasteiger partial charge on any atom is -0.481 e. The first-order valence-corrected chi connectivity index (χ1v) is 8.79. The lowest BCUT2D eigenvalue weighted by molar-refractivity contribution is -0.146. The molecule has 3 aromatic rings. The van der Waals surface area contributed by atoms with Crippen LogP contribution in [0.4, 0.5) is 10.1 Å². The summed E-state index contributed by atoms with van der Waals surface area (Å²) in [5.41, 5.74) is 1.53. The molecule has 2 aromatic carbocycles. The van der Waals surface area contributed by atoms with Crippen LogP contribution in [-0.4, -0.2) is 28.5 Å². The van der Waals surface area contributed by atoms with Crippen molar-refractivity contribution in [2.45, 2.75) is 13.3 Å². The standard InChI is InChI=1S/C21H19FN2O4/c1-2-24(17-6-4-3-5-7-17)20(25)18(21(26)27)12-16-13-28-19(23-16)14-8-10-15(22)11-9-14/h3-11,13,18H,2,12H2,1H3,(H,26,27). The molecule has 28 heavy (non-hydrogen) atoms. The third kappa shape index (κ3) is 4.25. The van der Waals surface area contributed by atoms with Gasteiger partial charge in [0, 0.05) is 24.2 Å². The summed E-state index contributed by atoms with van der Waals surface area (Å²) in [6.07, 6.45) is 1.21. The Labute approximate surface area is 161 Å². The Morgan fingerprint density at radius 1 is 1.14 bits per heavy atom. The first-order valence-electron chi connectivity index (χ1n) is 8.79. The van der Waals surface area contributed by atoms with Gasteiger partial charge in [0.05, 0.1) is 5.69 Å². The smallest absolute Gasteiger partial charge is 0.316 e. The van der Waals surface area contributed by atoms with Gasteiger partial charge in [-0.05, 0) is 43.3 Å². The lowest BCUT2D eigenvalue weighted by atomic mass is 10.0. The van der Waals surface area contributed by atoms with Crippen LogP contribution in [0.2, 0.25) is 0 Å². The number of hydrogen-bond acceptors (Lipinski definition) is 4. The van der Waals surface area contributed by atoms with E-state index in [-0.39, 0.29) is 18.1 Å². The molecule has 144 valence electrons. The maximum absolute atomic E-state index is 13.0. The summed E-state index contributed by atoms with van der Waals surface area (Å²) < 4.78 is 18.4. The second kappa shape index (κ2) is 8.47. The average molecular weight is 382 g/mol. The second-order valence-corrected chi connectivity index (χ2v) is 6.16. The van der Waals surface area contributed by atoms with E-state index in [9.17, 15) is 19.1 Å². The predicted molar refractivity (Wildman–Crippen MR) is 101 cm³/mol. The summed E-state index contributed by atoms with van der Waals surface area (Å²) in [4.78, 5) is 30.3. The van der Waals surface area contributed by atoms with Crippen molar-refractivity contribution in [3.05, 3.63) is 72.4 Å². The summed E-state index contributed by atoms with van der Waals surface area (Å²) >= 11 is 0. The number of carbonyl (C=O) groups excluding carboxylic acids is 1. The fraction of sp³-hybridized carbons (Fsp3) is 0.190. The van der Waals surface area contributed by atoms with Gasteiger partial charge in [-0.1, -0.05) is 18.2 Å². The molecular formula is C21H19FN2O4. The summed E-state index contributed by atoms with van der Waals surface area (Å²) in [5.74, 6) is -3.20. The first kappa shape index (κ1) is 19.3. The highest BCUT2D eigenvalue weighted by molar-refractivity contribution is 6.05. The molecule has 6 nitrogen and oxygen atoms in total. The Kier molecular flexibility index (Phi) is 5.84. The van der Waals surface area contributed by atoms with Crippen LogP contribution in [0.1, 0.15) is 12.6 Å². The van der Waals surface area contributed by atoms with Gasteiger partial charge in [0.1, 0.15) is 18.0 Å². The van der Waals surface area contributed by atoms with Gasteiger partial charge in [-0.25, -0.2) is 9.37 Å². The fourth-order valence-electron chi connectivity index (χ4n) is 2.88. The maximum Gasteiger partial charge on any atom is 0.316 e. The zero-order chi connectivity index (χ0) is 20.1. The van der Waals surface area contributed by atoms with Crippen LogP contribution < -0.4 is 4.90 Å². The number of amides is 1. The molecule has 0 bridgehead atoms. The third-order valence-electron chi connectivity index (χ3n) is 4.30. The van der Waals surface area contributed by atoms with Gasteiger partial charge in [-0.2, -0.15) is 0 Å². The number of rotatable bonds is 7. The number of para-hydroxylation sites is 1. The Balaban J connectivity index is 1.80. The van der Waals surface area contributed by atoms with Gasteiger partial charge >= 0.3 is 5.97 Å². The van der Waals surface area contributed by atoms with E-state index in [0.29, 0.717) is 23.5 Å². The monoisotopic (exact) mass is 382 g/mol. The topological polar surface area (TPSA) is 83.6 Å². The number of nitrogens with zero attached hydrogens (tertiary/aromatic N) is 2. The Hall–Kier alpha value is -3.48. The normalized spacial score (nSPS) is 11.8. The van der Waals surface area contributed by atoms with E-state index >= 15 is 0 Å². The van der Waals surface area contributed by atoms with Crippen molar-refractivity contribution in [2.75, 3.05) is 11.4 Å². The summed E-state index contributed by atoms with van der Waals surface area (Å²) in [5, 5.41) is 9.60. The average Bonchev–Trinajstić information content (AvgIpc) is 3.16. The number of carboxylic acid groups (broad SMARTS) is 1. The van der Waals surface area contributed by atoms with Crippen LogP contribution in [0.3, 0.4) is 0 Å². The molecule has 0 aliphatic carbocycles. The summed E-state index contributed by atoms with van der Waals surface area (Å²) in [7, 11) is 0. The highest BCUT2D eigenvalue weighted by atomic mass is 19.1. The molecule has 3 rings (SSSR count). The number of anilines is 1. The van der Waals surface area contributed by atoms with E-state index in [1.807, 2.05) is 6.07 Å². The number of hydrogen-bond donors (Lipinski definition) is 1. The highest BCUT2D eigenvalue weighted by Crippen LogP contribution is 2.22. The molecule has 1 aromatic heterocycles. The molecule has 0 radical (unpaired) electrons. The van der Waals surface area contributed by atoms with E-state index in [0.717, 1.165) is 0 Å². The highest BCUT2D eigenvalue weighted by Gasteiger charge is 2.32. The van der Waals surface area contributed by atoms with Crippen LogP contribution in [0.5, 0.6) is 0 Å². The molecule has 0 fully saturated rings. The number of aromatic nitrogens is 1. The number of oxazole rings is 1. The van der Waals surface area contributed by atoms with Crippen molar-refractivity contribution in [3.63, 3.8) is 0 Å². The van der Waals surface area contributed by atoms with Gasteiger partial charge < -0.3 is 14.4 Å². The predicted octanol–water partition coefficient (Wildman–Crippen LogP) is 3.78. The molecule has 0 saturated carbocycles. The number of carboxylic acids is 1. The number of aliphatic carboxylic acids is 1. The second-order valence-electron chi connectivity index (χ2n) is 6.16. The van der Waals surface area contributed by atoms with Gasteiger partial charge in [0.2, 0.25) is 11.8 Å². The maximum atomic E-state index is 13.0. The van der Waals surface area contributed by atoms with Crippen LogP contribution >= 0.6 is 0 Å². The molecule has 0 saturated heterocycles. The van der Waals surface area contributed by atoms with Crippen LogP contribution in [0, 0.1) is 11.7 Å². The van der Waals surface area contributed by atoms with Crippen LogP contribution in [0.25, 0.3) is 11.5 Å². The van der Waals surface area contributed by atoms with Crippen molar-refractivity contribution in [1.29, 1.82) is 0 Å². The van der Waals surface area contributed by atoms with E-state index < -0.39 is 17.8 Å². The van der Waals surface area contributed by atoms with Gasteiger partial charge in [-0.15, -0.1) is 0 Å². The Bertz CT molecular complexity index is 954. The van der Waals surface area contributed by atoms with E-state index in [1.54, 1.807) is 31.2 Å². The van der Waals surface area contributed by atoms with E-state index in [1.165, 1.54) is 35.4 Å². The number of carbonyl (C=O) groups is 2. The van der Waals surface area contributed by atoms with Crippen molar-refractivity contribution in [1.82, 2.24) is 4.98 Å². The lowest BCUT2D eigenvalue weighted by Gasteiger charge is -2.24. The van der Waals surface area contributed by atoms with E-state index in [4.69, 9.17) is 4.42 Å². The van der Waals surface area contributed by atoms with Crippen LogP contribution in [-0.2, 0) is 16.0 Å². The lowest BCUT2D eigenvalue weighted by Crippen LogP contribution is -2.40. The molecule has 0 aliphatic rings. The molecule has 1 heterocycles. The van der Waals surface area contributed by atoms with Crippen molar-refractivity contribution in [2.24, 2.45) is 5.92 Å². The summed E-state index contributed by atoms with van der Waals surface area (Å²) in [6.45, 7) is 2.12. The minimum atomic E-state index is -1.30. The van der Waals surface area contributed by atoms with Gasteiger partial charge in [0.15, 0.2) is 0 Å². The molecule has 1 amide bonds. The molecule has 0 spiro atoms. The largest absolute Gasteiger partial charge is 0.481 e. The fourth-order valence-corrected chi connectivity index (χ4v) is 2.88. The van der Waals surface area contributed by atoms with Crippen LogP contribution in [0.15, 0.2) is 65.3 Å². The molecule has 1 atom stereocenters. The zero-order valence-corrected chi connectivity index (χ0v) is 15.2. The van der Waals surface area contributed by atoms with Crippen molar-refractivity contribution >= 4 is 17.6 Å². The summed E-state index contributed by atoms with van der Waals surface area (Å²) in [6, 6.07) is 14.5. The minimum absolute atomic E-state index is 0.109. The Morgan fingerprint density at radius 3 is 2.43 bits per heavy atom. The zero-order valence-electron chi connectivity index (χ0n) is 15.2. The first-order chi connectivity index (χ1) is 13.5. The molecule has 7 heteroatoms. The SMILES string of the molecule is CCN(C(=O)C(Cc1coc(-c2ccc(F)cc2)n1)C(=O)O)c1ccccc1. The number of benzene rings is 2. The van der Waals surface area contributed by atoms with Gasteiger partial charge in [0.25, 0.3) is 0 Å². The molecule has 1 unspecified atom stereocenters. The molecule has 0 aliphatic heterocycles. The van der Waals surface area contributed by atoms with Crippen molar-refractivity contribution in [3.8, 4) is 11.5 Å². The van der Waals surface area contributed by atoms with Crippen molar-refractivity contribution < 1.29 is 23.5 Å². The third-order valence-corrected chi connectivity index (χ3v) is 4.30. The number of halogens is 1. The Morgan fingerprint density at radius 2 is 1.82 bits per heavy atom. The molecule has 1 N–H and O–H groups in total. The quantitative estimate of drug-likeness (QED) is 0.629. The van der Waals surface area contributed by atoms with Gasteiger partial charge in [-0.3, -0.25) is 9.59 Å².